The second kappa shape index (κ2) is 2.97. The molecule has 0 bridgehead atoms. The summed E-state index contributed by atoms with van der Waals surface area (Å²) in [5, 5.41) is 8.16. The van der Waals surface area contributed by atoms with Crippen LogP contribution < -0.4 is 0 Å². The fraction of sp³-hybridized carbons (Fsp3) is 0.286. The maximum atomic E-state index is 10.7. The lowest BCUT2D eigenvalue weighted by Gasteiger charge is -1.90. The Labute approximate surface area is 63.1 Å². The lowest BCUT2D eigenvalue weighted by Crippen LogP contribution is -2.01. The first-order chi connectivity index (χ1) is 5.24. The van der Waals surface area contributed by atoms with Crippen LogP contribution in [-0.4, -0.2) is 11.9 Å². The van der Waals surface area contributed by atoms with E-state index in [1.54, 1.807) is 0 Å². The number of hydrogen-bond acceptors (Lipinski definition) is 4. The Balaban J connectivity index is 2.59. The van der Waals surface area contributed by atoms with Crippen LogP contribution in [0.25, 0.3) is 0 Å². The number of hydrogen-bond donors (Lipinski definition) is 0. The molecule has 0 aromatic rings. The van der Waals surface area contributed by atoms with Gasteiger partial charge in [-0.15, -0.1) is 0 Å². The molecule has 0 saturated carbocycles. The Bertz CT molecular complexity index is 272. The average Bonchev–Trinajstić information content (AvgIpc) is 2.26. The zero-order chi connectivity index (χ0) is 8.27. The summed E-state index contributed by atoms with van der Waals surface area (Å²) in [4.78, 5) is 21.1. The number of esters is 2. The number of nitrogens with zero attached hydrogens (tertiary/aromatic N) is 1. The Morgan fingerprint density at radius 3 is 2.73 bits per heavy atom. The first-order valence-electron chi connectivity index (χ1n) is 3.07. The first kappa shape index (κ1) is 7.48. The van der Waals surface area contributed by atoms with Crippen LogP contribution in [0.2, 0.25) is 0 Å². The summed E-state index contributed by atoms with van der Waals surface area (Å²) in [5.74, 6) is -1.26. The van der Waals surface area contributed by atoms with Crippen molar-refractivity contribution in [3.63, 3.8) is 0 Å². The monoisotopic (exact) mass is 151 g/mol. The van der Waals surface area contributed by atoms with Gasteiger partial charge in [-0.25, -0.2) is 9.59 Å². The van der Waals surface area contributed by atoms with Gasteiger partial charge in [0.15, 0.2) is 0 Å². The Morgan fingerprint density at radius 2 is 2.27 bits per heavy atom. The predicted octanol–water partition coefficient (Wildman–Crippen LogP) is 0.300. The van der Waals surface area contributed by atoms with Crippen molar-refractivity contribution in [3.05, 3.63) is 11.6 Å². The third-order valence-corrected chi connectivity index (χ3v) is 1.25. The zero-order valence-electron chi connectivity index (χ0n) is 5.66. The Morgan fingerprint density at radius 1 is 1.55 bits per heavy atom. The van der Waals surface area contributed by atoms with Crippen molar-refractivity contribution in [2.75, 3.05) is 0 Å². The van der Waals surface area contributed by atoms with Gasteiger partial charge in [0.05, 0.1) is 6.07 Å². The number of carbonyl (C=O) groups excluding carboxylic acids is 2. The molecule has 0 radical (unpaired) electrons. The summed E-state index contributed by atoms with van der Waals surface area (Å²) < 4.78 is 4.19. The summed E-state index contributed by atoms with van der Waals surface area (Å²) in [6.45, 7) is 0. The number of nitriles is 1. The first-order valence-corrected chi connectivity index (χ1v) is 3.07. The lowest BCUT2D eigenvalue weighted by atomic mass is 10.1. The van der Waals surface area contributed by atoms with Gasteiger partial charge < -0.3 is 4.74 Å². The van der Waals surface area contributed by atoms with E-state index >= 15 is 0 Å². The summed E-state index contributed by atoms with van der Waals surface area (Å²) in [6.07, 6.45) is 1.65. The molecule has 56 valence electrons. The van der Waals surface area contributed by atoms with E-state index in [4.69, 9.17) is 5.26 Å². The highest BCUT2D eigenvalue weighted by atomic mass is 16.6. The summed E-state index contributed by atoms with van der Waals surface area (Å²) in [7, 11) is 0. The van der Waals surface area contributed by atoms with E-state index in [2.05, 4.69) is 4.74 Å². The van der Waals surface area contributed by atoms with Crippen molar-refractivity contribution >= 4 is 11.9 Å². The van der Waals surface area contributed by atoms with Crippen molar-refractivity contribution in [1.29, 1.82) is 5.26 Å². The number of ether oxygens (including phenoxy) is 1. The Hall–Kier alpha value is -1.63. The van der Waals surface area contributed by atoms with Gasteiger partial charge in [-0.2, -0.15) is 5.26 Å². The van der Waals surface area contributed by atoms with Crippen molar-refractivity contribution in [2.45, 2.75) is 12.8 Å². The molecule has 0 spiro atoms. The number of cyclic esters (lactones) is 2. The molecule has 0 unspecified atom stereocenters. The van der Waals surface area contributed by atoms with Crippen LogP contribution in [0.4, 0.5) is 0 Å². The standard InChI is InChI=1S/C7H5NO3/c8-3-1-2-5-4-6(9)11-7(5)10/h4H,1-2H2. The highest BCUT2D eigenvalue weighted by Gasteiger charge is 2.22. The lowest BCUT2D eigenvalue weighted by molar-refractivity contribution is -0.150. The third-order valence-electron chi connectivity index (χ3n) is 1.25. The largest absolute Gasteiger partial charge is 0.386 e. The molecule has 1 aliphatic rings. The second-order valence-corrected chi connectivity index (χ2v) is 2.04. The molecular weight excluding hydrogens is 146 g/mol. The molecule has 0 aromatic carbocycles. The minimum Gasteiger partial charge on any atom is -0.386 e. The van der Waals surface area contributed by atoms with Crippen molar-refractivity contribution in [1.82, 2.24) is 0 Å². The van der Waals surface area contributed by atoms with Crippen LogP contribution in [0.1, 0.15) is 12.8 Å². The van der Waals surface area contributed by atoms with Crippen molar-refractivity contribution in [3.8, 4) is 6.07 Å². The van der Waals surface area contributed by atoms with E-state index < -0.39 is 11.9 Å². The van der Waals surface area contributed by atoms with Crippen LogP contribution in [0.5, 0.6) is 0 Å². The van der Waals surface area contributed by atoms with Crippen LogP contribution in [0, 0.1) is 11.3 Å². The third kappa shape index (κ3) is 1.64. The van der Waals surface area contributed by atoms with Gasteiger partial charge in [0.1, 0.15) is 0 Å². The maximum Gasteiger partial charge on any atom is 0.342 e. The van der Waals surface area contributed by atoms with E-state index in [1.165, 1.54) is 0 Å². The van der Waals surface area contributed by atoms with Crippen molar-refractivity contribution in [2.24, 2.45) is 0 Å². The highest BCUT2D eigenvalue weighted by molar-refractivity contribution is 6.08. The SMILES string of the molecule is N#CCCC1=CC(=O)OC1=O. The van der Waals surface area contributed by atoms with Gasteiger partial charge in [0.25, 0.3) is 0 Å². The molecular formula is C7H5NO3. The average molecular weight is 151 g/mol. The maximum absolute atomic E-state index is 10.7. The fourth-order valence-electron chi connectivity index (χ4n) is 0.752. The molecule has 0 fully saturated rings. The van der Waals surface area contributed by atoms with Crippen LogP contribution in [-0.2, 0) is 14.3 Å². The number of rotatable bonds is 2. The molecule has 0 saturated heterocycles. The number of carbonyl (C=O) groups is 2. The van der Waals surface area contributed by atoms with E-state index in [-0.39, 0.29) is 12.0 Å². The van der Waals surface area contributed by atoms with E-state index in [1.807, 2.05) is 6.07 Å². The zero-order valence-corrected chi connectivity index (χ0v) is 5.66. The van der Waals surface area contributed by atoms with E-state index in [0.29, 0.717) is 6.42 Å². The quantitative estimate of drug-likeness (QED) is 0.420. The van der Waals surface area contributed by atoms with Crippen molar-refractivity contribution < 1.29 is 14.3 Å². The van der Waals surface area contributed by atoms with Crippen LogP contribution in [0.15, 0.2) is 11.6 Å². The van der Waals surface area contributed by atoms with Gasteiger partial charge in [-0.3, -0.25) is 0 Å². The van der Waals surface area contributed by atoms with Gasteiger partial charge in [0.2, 0.25) is 0 Å². The minimum atomic E-state index is -0.636. The molecule has 1 rings (SSSR count). The smallest absolute Gasteiger partial charge is 0.342 e. The highest BCUT2D eigenvalue weighted by Crippen LogP contribution is 2.13. The topological polar surface area (TPSA) is 67.2 Å². The predicted molar refractivity (Wildman–Crippen MR) is 34.0 cm³/mol. The van der Waals surface area contributed by atoms with E-state index in [9.17, 15) is 9.59 Å². The van der Waals surface area contributed by atoms with Gasteiger partial charge >= 0.3 is 11.9 Å². The summed E-state index contributed by atoms with van der Waals surface area (Å²) >= 11 is 0. The normalized spacial score (nSPS) is 15.7. The van der Waals surface area contributed by atoms with Crippen LogP contribution >= 0.6 is 0 Å². The molecule has 0 amide bonds. The Kier molecular flexibility index (Phi) is 2.02. The molecule has 0 N–H and O–H groups in total. The molecule has 11 heavy (non-hydrogen) atoms. The fourth-order valence-corrected chi connectivity index (χ4v) is 0.752. The second-order valence-electron chi connectivity index (χ2n) is 2.04. The minimum absolute atomic E-state index is 0.230. The van der Waals surface area contributed by atoms with E-state index in [0.717, 1.165) is 6.08 Å². The molecule has 0 atom stereocenters. The molecule has 1 aliphatic heterocycles. The summed E-state index contributed by atoms with van der Waals surface area (Å²) in [6, 6.07) is 1.87. The molecule has 4 heteroatoms. The van der Waals surface area contributed by atoms with Gasteiger partial charge in [-0.05, 0) is 6.42 Å². The molecule has 4 nitrogen and oxygen atoms in total. The van der Waals surface area contributed by atoms with Gasteiger partial charge in [-0.1, -0.05) is 0 Å². The molecule has 0 aliphatic carbocycles. The summed E-state index contributed by atoms with van der Waals surface area (Å²) in [5.41, 5.74) is 0.288. The molecule has 0 aromatic heterocycles. The van der Waals surface area contributed by atoms with Crippen LogP contribution in [0.3, 0.4) is 0 Å². The van der Waals surface area contributed by atoms with Gasteiger partial charge in [0, 0.05) is 18.1 Å². The molecule has 1 heterocycles.